The number of anilines is 2. The zero-order valence-electron chi connectivity index (χ0n) is 13.2. The smallest absolute Gasteiger partial charge is 0.241 e. The maximum absolute atomic E-state index is 12.2. The average molecular weight is 309 g/mol. The van der Waals surface area contributed by atoms with Gasteiger partial charge in [0, 0.05) is 24.5 Å². The van der Waals surface area contributed by atoms with Crippen LogP contribution in [0.5, 0.6) is 0 Å². The summed E-state index contributed by atoms with van der Waals surface area (Å²) < 4.78 is 0. The summed E-state index contributed by atoms with van der Waals surface area (Å²) >= 11 is 0. The van der Waals surface area contributed by atoms with Crippen molar-refractivity contribution >= 4 is 17.3 Å². The van der Waals surface area contributed by atoms with Gasteiger partial charge in [0.05, 0.1) is 6.04 Å². The fourth-order valence-corrected chi connectivity index (χ4v) is 2.93. The van der Waals surface area contributed by atoms with Crippen molar-refractivity contribution in [3.8, 4) is 0 Å². The van der Waals surface area contributed by atoms with Gasteiger partial charge in [0.15, 0.2) is 0 Å². The van der Waals surface area contributed by atoms with Gasteiger partial charge in [-0.1, -0.05) is 30.3 Å². The maximum Gasteiger partial charge on any atom is 0.241 e. The lowest BCUT2D eigenvalue weighted by Crippen LogP contribution is -2.37. The highest BCUT2D eigenvalue weighted by Crippen LogP contribution is 2.22. The Balaban J connectivity index is 1.56. The summed E-state index contributed by atoms with van der Waals surface area (Å²) in [4.78, 5) is 14.6. The van der Waals surface area contributed by atoms with E-state index in [1.54, 1.807) is 0 Å². The van der Waals surface area contributed by atoms with Crippen molar-refractivity contribution in [3.05, 3.63) is 60.2 Å². The van der Waals surface area contributed by atoms with Crippen molar-refractivity contribution in [1.82, 2.24) is 0 Å². The average Bonchev–Trinajstić information content (AvgIpc) is 3.11. The molecule has 1 saturated heterocycles. The van der Waals surface area contributed by atoms with Crippen LogP contribution in [0.3, 0.4) is 0 Å². The molecule has 4 nitrogen and oxygen atoms in total. The molecule has 0 aliphatic carbocycles. The molecule has 4 heteroatoms. The number of nitrogens with one attached hydrogen (secondary N) is 1. The largest absolute Gasteiger partial charge is 0.372 e. The van der Waals surface area contributed by atoms with Crippen LogP contribution in [0.15, 0.2) is 54.6 Å². The third-order valence-electron chi connectivity index (χ3n) is 4.24. The van der Waals surface area contributed by atoms with Crippen LogP contribution in [0.25, 0.3) is 0 Å². The fourth-order valence-electron chi connectivity index (χ4n) is 2.93. The molecule has 3 N–H and O–H groups in total. The van der Waals surface area contributed by atoms with E-state index < -0.39 is 6.04 Å². The van der Waals surface area contributed by atoms with Gasteiger partial charge in [-0.15, -0.1) is 0 Å². The molecule has 0 aromatic heterocycles. The zero-order chi connectivity index (χ0) is 16.1. The molecule has 1 amide bonds. The summed E-state index contributed by atoms with van der Waals surface area (Å²) in [5.74, 6) is -0.150. The summed E-state index contributed by atoms with van der Waals surface area (Å²) in [6.45, 7) is 2.24. The highest BCUT2D eigenvalue weighted by Gasteiger charge is 2.15. The minimum Gasteiger partial charge on any atom is -0.372 e. The Morgan fingerprint density at radius 1 is 1.04 bits per heavy atom. The van der Waals surface area contributed by atoms with Gasteiger partial charge in [-0.3, -0.25) is 4.79 Å². The van der Waals surface area contributed by atoms with Gasteiger partial charge in [0.25, 0.3) is 0 Å². The van der Waals surface area contributed by atoms with Gasteiger partial charge < -0.3 is 16.0 Å². The molecule has 120 valence electrons. The second-order valence-corrected chi connectivity index (χ2v) is 6.03. The van der Waals surface area contributed by atoms with Crippen LogP contribution in [-0.4, -0.2) is 25.0 Å². The van der Waals surface area contributed by atoms with Gasteiger partial charge >= 0.3 is 0 Å². The first-order chi connectivity index (χ1) is 11.2. The number of rotatable bonds is 5. The predicted molar refractivity (Wildman–Crippen MR) is 94.6 cm³/mol. The van der Waals surface area contributed by atoms with Crippen LogP contribution in [-0.2, 0) is 11.2 Å². The molecular weight excluding hydrogens is 286 g/mol. The zero-order valence-corrected chi connectivity index (χ0v) is 13.2. The molecule has 3 rings (SSSR count). The lowest BCUT2D eigenvalue weighted by molar-refractivity contribution is -0.117. The molecule has 2 aromatic carbocycles. The molecular formula is C19H23N3O. The topological polar surface area (TPSA) is 58.4 Å². The van der Waals surface area contributed by atoms with E-state index in [1.165, 1.54) is 18.5 Å². The van der Waals surface area contributed by atoms with E-state index >= 15 is 0 Å². The predicted octanol–water partition coefficient (Wildman–Crippen LogP) is 2.80. The first-order valence-electron chi connectivity index (χ1n) is 8.18. The van der Waals surface area contributed by atoms with E-state index in [0.29, 0.717) is 6.42 Å². The quantitative estimate of drug-likeness (QED) is 0.893. The van der Waals surface area contributed by atoms with Gasteiger partial charge in [-0.2, -0.15) is 0 Å². The van der Waals surface area contributed by atoms with Crippen LogP contribution in [0.1, 0.15) is 18.4 Å². The van der Waals surface area contributed by atoms with Gasteiger partial charge in [-0.05, 0) is 49.1 Å². The van der Waals surface area contributed by atoms with Crippen molar-refractivity contribution in [2.24, 2.45) is 5.73 Å². The number of nitrogens with two attached hydrogens (primary N) is 1. The van der Waals surface area contributed by atoms with Gasteiger partial charge in [0.1, 0.15) is 0 Å². The van der Waals surface area contributed by atoms with E-state index in [0.717, 1.165) is 24.3 Å². The number of benzene rings is 2. The van der Waals surface area contributed by atoms with Crippen LogP contribution < -0.4 is 16.0 Å². The number of carbonyl (C=O) groups is 1. The summed E-state index contributed by atoms with van der Waals surface area (Å²) in [5, 5.41) is 2.90. The molecule has 1 heterocycles. The minimum absolute atomic E-state index is 0.150. The molecule has 0 saturated carbocycles. The Morgan fingerprint density at radius 2 is 1.70 bits per heavy atom. The Morgan fingerprint density at radius 3 is 2.35 bits per heavy atom. The maximum atomic E-state index is 12.2. The highest BCUT2D eigenvalue weighted by atomic mass is 16.2. The molecule has 0 radical (unpaired) electrons. The minimum atomic E-state index is -0.546. The first-order valence-corrected chi connectivity index (χ1v) is 8.18. The van der Waals surface area contributed by atoms with Crippen molar-refractivity contribution in [3.63, 3.8) is 0 Å². The molecule has 0 unspecified atom stereocenters. The van der Waals surface area contributed by atoms with E-state index in [-0.39, 0.29) is 5.91 Å². The molecule has 1 atom stereocenters. The van der Waals surface area contributed by atoms with E-state index in [9.17, 15) is 4.79 Å². The Kier molecular flexibility index (Phi) is 4.93. The summed E-state index contributed by atoms with van der Waals surface area (Å²) in [7, 11) is 0. The molecule has 23 heavy (non-hydrogen) atoms. The van der Waals surface area contributed by atoms with Gasteiger partial charge in [0.2, 0.25) is 5.91 Å². The summed E-state index contributed by atoms with van der Waals surface area (Å²) in [6, 6.07) is 17.3. The molecule has 0 bridgehead atoms. The number of nitrogens with zero attached hydrogens (tertiary/aromatic N) is 1. The van der Waals surface area contributed by atoms with E-state index in [4.69, 9.17) is 5.73 Å². The van der Waals surface area contributed by atoms with E-state index in [2.05, 4.69) is 22.3 Å². The van der Waals surface area contributed by atoms with E-state index in [1.807, 2.05) is 42.5 Å². The van der Waals surface area contributed by atoms with Crippen LogP contribution in [0.4, 0.5) is 11.4 Å². The van der Waals surface area contributed by atoms with Gasteiger partial charge in [-0.25, -0.2) is 0 Å². The number of amides is 1. The number of hydrogen-bond acceptors (Lipinski definition) is 3. The highest BCUT2D eigenvalue weighted by molar-refractivity contribution is 5.95. The van der Waals surface area contributed by atoms with Crippen LogP contribution in [0.2, 0.25) is 0 Å². The standard InChI is InChI=1S/C19H23N3O/c20-18(14-15-6-2-1-3-7-15)19(23)21-16-8-10-17(11-9-16)22-12-4-5-13-22/h1-3,6-11,18H,4-5,12-14,20H2,(H,21,23)/t18-/m0/s1. The normalized spacial score (nSPS) is 15.4. The Bertz CT molecular complexity index is 633. The summed E-state index contributed by atoms with van der Waals surface area (Å²) in [6.07, 6.45) is 3.05. The lowest BCUT2D eigenvalue weighted by Gasteiger charge is -2.18. The van der Waals surface area contributed by atoms with Crippen LogP contribution >= 0.6 is 0 Å². The third kappa shape index (κ3) is 4.11. The number of carbonyl (C=O) groups excluding carboxylic acids is 1. The summed E-state index contributed by atoms with van der Waals surface area (Å²) in [5.41, 5.74) is 9.09. The Labute approximate surface area is 137 Å². The second kappa shape index (κ2) is 7.29. The molecule has 1 fully saturated rings. The van der Waals surface area contributed by atoms with Crippen LogP contribution in [0, 0.1) is 0 Å². The SMILES string of the molecule is N[C@@H](Cc1ccccc1)C(=O)Nc1ccc(N2CCCC2)cc1. The van der Waals surface area contributed by atoms with Crippen molar-refractivity contribution in [2.45, 2.75) is 25.3 Å². The monoisotopic (exact) mass is 309 g/mol. The van der Waals surface area contributed by atoms with Crippen molar-refractivity contribution in [1.29, 1.82) is 0 Å². The second-order valence-electron chi connectivity index (χ2n) is 6.03. The first kappa shape index (κ1) is 15.6. The molecule has 1 aliphatic rings. The van der Waals surface area contributed by atoms with Crippen molar-refractivity contribution < 1.29 is 4.79 Å². The lowest BCUT2D eigenvalue weighted by atomic mass is 10.1. The van der Waals surface area contributed by atoms with Crippen molar-refractivity contribution in [2.75, 3.05) is 23.3 Å². The number of hydrogen-bond donors (Lipinski definition) is 2. The molecule has 2 aromatic rings. The Hall–Kier alpha value is -2.33. The third-order valence-corrected chi connectivity index (χ3v) is 4.24. The molecule has 0 spiro atoms. The fraction of sp³-hybridized carbons (Fsp3) is 0.316. The molecule has 1 aliphatic heterocycles.